The fourth-order valence-corrected chi connectivity index (χ4v) is 3.83. The third kappa shape index (κ3) is 3.50. The van der Waals surface area contributed by atoms with Gasteiger partial charge in [-0.3, -0.25) is 0 Å². The normalized spacial score (nSPS) is 18.7. The monoisotopic (exact) mass is 376 g/mol. The van der Waals surface area contributed by atoms with E-state index in [1.54, 1.807) is 0 Å². The van der Waals surface area contributed by atoms with Gasteiger partial charge >= 0.3 is 11.9 Å². The Morgan fingerprint density at radius 3 is 1.36 bits per heavy atom. The molecule has 0 radical (unpaired) electrons. The molecule has 0 amide bonds. The summed E-state index contributed by atoms with van der Waals surface area (Å²) in [6.45, 7) is 3.98. The SMILES string of the molecule is COC(=O)C1=C(C(=O)OC)C(c2ccccc2C)C=CC1c1ccccc1C. The van der Waals surface area contributed by atoms with Gasteiger partial charge in [0.05, 0.1) is 25.4 Å². The maximum absolute atomic E-state index is 12.8. The largest absolute Gasteiger partial charge is 0.466 e. The van der Waals surface area contributed by atoms with E-state index in [-0.39, 0.29) is 11.8 Å². The van der Waals surface area contributed by atoms with Crippen LogP contribution in [0.4, 0.5) is 0 Å². The Labute approximate surface area is 165 Å². The van der Waals surface area contributed by atoms with Crippen molar-refractivity contribution in [3.05, 3.63) is 94.1 Å². The summed E-state index contributed by atoms with van der Waals surface area (Å²) in [6.07, 6.45) is 3.97. The zero-order chi connectivity index (χ0) is 20.3. The Bertz CT molecular complexity index is 891. The molecule has 144 valence electrons. The van der Waals surface area contributed by atoms with Crippen molar-refractivity contribution < 1.29 is 19.1 Å². The Hall–Kier alpha value is -3.14. The molecule has 2 aromatic carbocycles. The minimum absolute atomic E-state index is 0.333. The van der Waals surface area contributed by atoms with Crippen LogP contribution in [-0.4, -0.2) is 26.2 Å². The summed E-state index contributed by atoms with van der Waals surface area (Å²) in [4.78, 5) is 25.7. The first-order valence-corrected chi connectivity index (χ1v) is 9.19. The average molecular weight is 376 g/mol. The molecule has 1 aliphatic carbocycles. The summed E-state index contributed by atoms with van der Waals surface area (Å²) in [5, 5.41) is 0. The minimum atomic E-state index is -0.517. The number of allylic oxidation sites excluding steroid dienone is 2. The molecular weight excluding hydrogens is 352 g/mol. The molecule has 0 aliphatic heterocycles. The van der Waals surface area contributed by atoms with Crippen LogP contribution in [0.15, 0.2) is 71.8 Å². The van der Waals surface area contributed by atoms with Gasteiger partial charge in [0.15, 0.2) is 0 Å². The number of benzene rings is 2. The molecule has 4 heteroatoms. The smallest absolute Gasteiger partial charge is 0.335 e. The van der Waals surface area contributed by atoms with Crippen LogP contribution in [0.5, 0.6) is 0 Å². The van der Waals surface area contributed by atoms with Crippen LogP contribution in [0, 0.1) is 13.8 Å². The Balaban J connectivity index is 2.27. The van der Waals surface area contributed by atoms with Crippen LogP contribution in [0.2, 0.25) is 0 Å². The van der Waals surface area contributed by atoms with Gasteiger partial charge in [-0.1, -0.05) is 60.7 Å². The molecule has 0 heterocycles. The molecule has 2 unspecified atom stereocenters. The predicted octanol–water partition coefficient (Wildman–Crippen LogP) is 4.38. The van der Waals surface area contributed by atoms with E-state index in [2.05, 4.69) is 0 Å². The molecule has 0 saturated heterocycles. The molecule has 0 spiro atoms. The molecule has 0 aromatic heterocycles. The zero-order valence-corrected chi connectivity index (χ0v) is 16.6. The molecule has 2 atom stereocenters. The molecule has 0 bridgehead atoms. The van der Waals surface area contributed by atoms with Crippen molar-refractivity contribution in [1.82, 2.24) is 0 Å². The van der Waals surface area contributed by atoms with Gasteiger partial charge in [-0.25, -0.2) is 9.59 Å². The number of carbonyl (C=O) groups excluding carboxylic acids is 2. The van der Waals surface area contributed by atoms with Gasteiger partial charge < -0.3 is 9.47 Å². The number of aryl methyl sites for hydroxylation is 2. The number of carbonyl (C=O) groups is 2. The summed E-state index contributed by atoms with van der Waals surface area (Å²) in [6, 6.07) is 15.7. The zero-order valence-electron chi connectivity index (χ0n) is 16.6. The minimum Gasteiger partial charge on any atom is -0.466 e. The van der Waals surface area contributed by atoms with Gasteiger partial charge in [-0.05, 0) is 36.1 Å². The van der Waals surface area contributed by atoms with E-state index in [1.165, 1.54) is 14.2 Å². The lowest BCUT2D eigenvalue weighted by molar-refractivity contribution is -0.139. The maximum Gasteiger partial charge on any atom is 0.335 e. The Morgan fingerprint density at radius 1 is 0.679 bits per heavy atom. The quantitative estimate of drug-likeness (QED) is 0.587. The van der Waals surface area contributed by atoms with Gasteiger partial charge in [0.2, 0.25) is 0 Å². The molecule has 0 N–H and O–H groups in total. The highest BCUT2D eigenvalue weighted by molar-refractivity contribution is 6.04. The summed E-state index contributed by atoms with van der Waals surface area (Å²) >= 11 is 0. The van der Waals surface area contributed by atoms with E-state index in [0.717, 1.165) is 22.3 Å². The number of esters is 2. The molecule has 2 aromatic rings. The number of rotatable bonds is 4. The van der Waals surface area contributed by atoms with Gasteiger partial charge in [0.25, 0.3) is 0 Å². The van der Waals surface area contributed by atoms with Gasteiger partial charge in [-0.2, -0.15) is 0 Å². The van der Waals surface area contributed by atoms with Crippen molar-refractivity contribution in [3.63, 3.8) is 0 Å². The molecule has 28 heavy (non-hydrogen) atoms. The molecule has 3 rings (SSSR count). The standard InChI is InChI=1S/C24H24O4/c1-15-9-5-7-11-17(15)19-13-14-20(18-12-8-6-10-16(18)2)22(24(26)28-4)21(19)23(25)27-3/h5-14,19-20H,1-4H3. The number of hydrogen-bond acceptors (Lipinski definition) is 4. The molecule has 1 aliphatic rings. The van der Waals surface area contributed by atoms with Crippen LogP contribution < -0.4 is 0 Å². The van der Waals surface area contributed by atoms with Crippen molar-refractivity contribution in [1.29, 1.82) is 0 Å². The molecule has 4 nitrogen and oxygen atoms in total. The van der Waals surface area contributed by atoms with E-state index >= 15 is 0 Å². The Morgan fingerprint density at radius 2 is 1.04 bits per heavy atom. The van der Waals surface area contributed by atoms with Crippen LogP contribution in [0.3, 0.4) is 0 Å². The maximum atomic E-state index is 12.8. The lowest BCUT2D eigenvalue weighted by Gasteiger charge is -2.29. The fraction of sp³-hybridized carbons (Fsp3) is 0.250. The summed E-state index contributed by atoms with van der Waals surface area (Å²) in [5.41, 5.74) is 4.67. The highest BCUT2D eigenvalue weighted by atomic mass is 16.5. The second-order valence-corrected chi connectivity index (χ2v) is 6.86. The molecule has 0 saturated carbocycles. The lowest BCUT2D eigenvalue weighted by atomic mass is 9.74. The highest BCUT2D eigenvalue weighted by Gasteiger charge is 2.37. The first kappa shape index (κ1) is 19.6. The van der Waals surface area contributed by atoms with Crippen LogP contribution >= 0.6 is 0 Å². The first-order chi connectivity index (χ1) is 13.5. The van der Waals surface area contributed by atoms with Gasteiger partial charge in [-0.15, -0.1) is 0 Å². The molecular formula is C24H24O4. The van der Waals surface area contributed by atoms with E-state index in [1.807, 2.05) is 74.5 Å². The second kappa shape index (κ2) is 8.26. The number of methoxy groups -OCH3 is 2. The first-order valence-electron chi connectivity index (χ1n) is 9.19. The van der Waals surface area contributed by atoms with Crippen LogP contribution in [0.25, 0.3) is 0 Å². The second-order valence-electron chi connectivity index (χ2n) is 6.86. The van der Waals surface area contributed by atoms with Crippen LogP contribution in [-0.2, 0) is 19.1 Å². The van der Waals surface area contributed by atoms with Crippen molar-refractivity contribution in [2.45, 2.75) is 25.7 Å². The van der Waals surface area contributed by atoms with Crippen molar-refractivity contribution in [3.8, 4) is 0 Å². The Kier molecular flexibility index (Phi) is 5.78. The highest BCUT2D eigenvalue weighted by Crippen LogP contribution is 2.42. The van der Waals surface area contributed by atoms with E-state index < -0.39 is 11.9 Å². The molecule has 0 fully saturated rings. The average Bonchev–Trinajstić information content (AvgIpc) is 2.72. The van der Waals surface area contributed by atoms with Crippen molar-refractivity contribution >= 4 is 11.9 Å². The summed E-state index contributed by atoms with van der Waals surface area (Å²) in [5.74, 6) is -1.78. The van der Waals surface area contributed by atoms with Gasteiger partial charge in [0, 0.05) is 11.8 Å². The summed E-state index contributed by atoms with van der Waals surface area (Å²) < 4.78 is 10.2. The number of ether oxygens (including phenoxy) is 2. The summed E-state index contributed by atoms with van der Waals surface area (Å²) in [7, 11) is 2.67. The predicted molar refractivity (Wildman–Crippen MR) is 108 cm³/mol. The van der Waals surface area contributed by atoms with Crippen molar-refractivity contribution in [2.75, 3.05) is 14.2 Å². The van der Waals surface area contributed by atoms with E-state index in [0.29, 0.717) is 11.1 Å². The van der Waals surface area contributed by atoms with Gasteiger partial charge in [0.1, 0.15) is 0 Å². The van der Waals surface area contributed by atoms with E-state index in [4.69, 9.17) is 9.47 Å². The lowest BCUT2D eigenvalue weighted by Crippen LogP contribution is -2.26. The number of hydrogen-bond donors (Lipinski definition) is 0. The third-order valence-corrected chi connectivity index (χ3v) is 5.27. The fourth-order valence-electron chi connectivity index (χ4n) is 3.83. The third-order valence-electron chi connectivity index (χ3n) is 5.27. The van der Waals surface area contributed by atoms with Crippen molar-refractivity contribution in [2.24, 2.45) is 0 Å². The topological polar surface area (TPSA) is 52.6 Å². The van der Waals surface area contributed by atoms with E-state index in [9.17, 15) is 9.59 Å². The van der Waals surface area contributed by atoms with Crippen LogP contribution in [0.1, 0.15) is 34.1 Å².